The van der Waals surface area contributed by atoms with Crippen molar-refractivity contribution in [3.63, 3.8) is 0 Å². The highest BCUT2D eigenvalue weighted by Crippen LogP contribution is 2.34. The van der Waals surface area contributed by atoms with Crippen LogP contribution in [0.25, 0.3) is 0 Å². The van der Waals surface area contributed by atoms with Crippen LogP contribution in [0.3, 0.4) is 0 Å². The highest BCUT2D eigenvalue weighted by Gasteiger charge is 2.35. The van der Waals surface area contributed by atoms with Crippen LogP contribution >= 0.6 is 11.6 Å². The topological polar surface area (TPSA) is 15.3 Å². The van der Waals surface area contributed by atoms with Gasteiger partial charge in [0.2, 0.25) is 0 Å². The van der Waals surface area contributed by atoms with Gasteiger partial charge in [0.25, 0.3) is 0 Å². The molecule has 0 amide bonds. The lowest BCUT2D eigenvalue weighted by molar-refractivity contribution is 0.144. The third-order valence-electron chi connectivity index (χ3n) is 3.56. The maximum atomic E-state index is 5.73. The number of piperazine rings is 1. The lowest BCUT2D eigenvalue weighted by Gasteiger charge is -2.39. The zero-order valence-corrected chi connectivity index (χ0v) is 10.4. The maximum Gasteiger partial charge on any atom is 0.0224 e. The molecule has 2 unspecified atom stereocenters. The zero-order chi connectivity index (χ0) is 10.8. The average Bonchev–Trinajstić information content (AvgIpc) is 3.04. The first-order valence-corrected chi connectivity index (χ1v) is 6.37. The van der Waals surface area contributed by atoms with Gasteiger partial charge in [0.05, 0.1) is 0 Å². The molecular weight excluding hydrogens is 208 g/mol. The van der Waals surface area contributed by atoms with Crippen molar-refractivity contribution in [1.29, 1.82) is 0 Å². The van der Waals surface area contributed by atoms with E-state index in [0.29, 0.717) is 6.04 Å². The normalized spacial score (nSPS) is 34.5. The summed E-state index contributed by atoms with van der Waals surface area (Å²) in [6.07, 6.45) is 2.84. The maximum absolute atomic E-state index is 5.73. The molecule has 15 heavy (non-hydrogen) atoms. The minimum atomic E-state index is 0.631. The van der Waals surface area contributed by atoms with Gasteiger partial charge in [-0.15, -0.1) is 0 Å². The molecule has 0 aromatic rings. The first-order chi connectivity index (χ1) is 7.20. The summed E-state index contributed by atoms with van der Waals surface area (Å²) in [5.41, 5.74) is 2.97. The Bertz CT molecular complexity index is 248. The molecular formula is C12H21ClN2. The van der Waals surface area contributed by atoms with Crippen LogP contribution < -0.4 is 5.32 Å². The fourth-order valence-electron chi connectivity index (χ4n) is 2.34. The molecule has 0 aromatic heterocycles. The Labute approximate surface area is 97.7 Å². The van der Waals surface area contributed by atoms with Gasteiger partial charge < -0.3 is 5.32 Å². The van der Waals surface area contributed by atoms with Crippen molar-refractivity contribution in [3.05, 3.63) is 11.1 Å². The van der Waals surface area contributed by atoms with Crippen LogP contribution in [0.5, 0.6) is 0 Å². The van der Waals surface area contributed by atoms with E-state index in [9.17, 15) is 0 Å². The molecule has 1 heterocycles. The molecule has 86 valence electrons. The Balaban J connectivity index is 1.89. The van der Waals surface area contributed by atoms with Gasteiger partial charge in [-0.3, -0.25) is 4.90 Å². The van der Waals surface area contributed by atoms with Gasteiger partial charge in [0.1, 0.15) is 0 Å². The second-order valence-electron chi connectivity index (χ2n) is 5.09. The SMILES string of the molecule is CC(=CCl)CN1CC(C2CC2)NCC1C. The molecule has 0 bridgehead atoms. The van der Waals surface area contributed by atoms with E-state index in [1.165, 1.54) is 25.0 Å². The first-order valence-electron chi connectivity index (χ1n) is 5.94. The average molecular weight is 229 g/mol. The summed E-state index contributed by atoms with van der Waals surface area (Å²) in [6.45, 7) is 7.73. The molecule has 1 N–H and O–H groups in total. The molecule has 1 saturated carbocycles. The first kappa shape index (κ1) is 11.4. The minimum absolute atomic E-state index is 0.631. The molecule has 0 radical (unpaired) electrons. The quantitative estimate of drug-likeness (QED) is 0.797. The smallest absolute Gasteiger partial charge is 0.0224 e. The van der Waals surface area contributed by atoms with E-state index in [1.54, 1.807) is 5.54 Å². The van der Waals surface area contributed by atoms with Crippen molar-refractivity contribution < 1.29 is 0 Å². The second kappa shape index (κ2) is 4.86. The van der Waals surface area contributed by atoms with E-state index in [1.807, 2.05) is 0 Å². The van der Waals surface area contributed by atoms with Crippen LogP contribution in [-0.2, 0) is 0 Å². The molecule has 2 nitrogen and oxygen atoms in total. The Hall–Kier alpha value is -0.0500. The van der Waals surface area contributed by atoms with E-state index < -0.39 is 0 Å². The predicted molar refractivity (Wildman–Crippen MR) is 65.2 cm³/mol. The van der Waals surface area contributed by atoms with Gasteiger partial charge in [-0.2, -0.15) is 0 Å². The van der Waals surface area contributed by atoms with E-state index in [4.69, 9.17) is 11.6 Å². The fourth-order valence-corrected chi connectivity index (χ4v) is 2.41. The Morgan fingerprint density at radius 1 is 1.53 bits per heavy atom. The van der Waals surface area contributed by atoms with Crippen LogP contribution in [0.1, 0.15) is 26.7 Å². The van der Waals surface area contributed by atoms with Crippen molar-refractivity contribution in [2.75, 3.05) is 19.6 Å². The number of hydrogen-bond donors (Lipinski definition) is 1. The lowest BCUT2D eigenvalue weighted by Crippen LogP contribution is -2.56. The molecule has 1 aliphatic heterocycles. The Morgan fingerprint density at radius 3 is 2.87 bits per heavy atom. The third kappa shape index (κ3) is 2.96. The molecule has 2 fully saturated rings. The standard InChI is InChI=1S/C12H21ClN2/c1-9(5-13)7-15-8-12(11-3-4-11)14-6-10(15)2/h5,10-12,14H,3-4,6-8H2,1-2H3. The summed E-state index contributed by atoms with van der Waals surface area (Å²) in [4.78, 5) is 2.55. The molecule has 2 rings (SSSR count). The van der Waals surface area contributed by atoms with Gasteiger partial charge in [0.15, 0.2) is 0 Å². The lowest BCUT2D eigenvalue weighted by atomic mass is 10.1. The zero-order valence-electron chi connectivity index (χ0n) is 9.67. The highest BCUT2D eigenvalue weighted by molar-refractivity contribution is 6.25. The fraction of sp³-hybridized carbons (Fsp3) is 0.833. The van der Waals surface area contributed by atoms with Gasteiger partial charge in [0, 0.05) is 37.3 Å². The Kier molecular flexibility index (Phi) is 3.70. The molecule has 2 aliphatic rings. The van der Waals surface area contributed by atoms with Crippen molar-refractivity contribution in [1.82, 2.24) is 10.2 Å². The molecule has 0 spiro atoms. The van der Waals surface area contributed by atoms with E-state index in [0.717, 1.165) is 25.0 Å². The molecule has 1 saturated heterocycles. The molecule has 1 aliphatic carbocycles. The summed E-state index contributed by atoms with van der Waals surface area (Å²) in [5, 5.41) is 3.66. The van der Waals surface area contributed by atoms with Crippen molar-refractivity contribution in [2.24, 2.45) is 5.92 Å². The number of halogens is 1. The summed E-state index contributed by atoms with van der Waals surface area (Å²) in [6, 6.07) is 1.36. The summed E-state index contributed by atoms with van der Waals surface area (Å²) < 4.78 is 0. The van der Waals surface area contributed by atoms with Crippen LogP contribution in [0.4, 0.5) is 0 Å². The summed E-state index contributed by atoms with van der Waals surface area (Å²) >= 11 is 5.73. The number of nitrogens with one attached hydrogen (secondary N) is 1. The predicted octanol–water partition coefficient (Wildman–Crippen LogP) is 2.20. The summed E-state index contributed by atoms with van der Waals surface area (Å²) in [7, 11) is 0. The van der Waals surface area contributed by atoms with Crippen LogP contribution in [0, 0.1) is 5.92 Å². The van der Waals surface area contributed by atoms with Crippen molar-refractivity contribution in [2.45, 2.75) is 38.8 Å². The van der Waals surface area contributed by atoms with Crippen molar-refractivity contribution in [3.8, 4) is 0 Å². The van der Waals surface area contributed by atoms with Gasteiger partial charge in [-0.1, -0.05) is 11.6 Å². The molecule has 2 atom stereocenters. The minimum Gasteiger partial charge on any atom is -0.311 e. The number of nitrogens with zero attached hydrogens (tertiary/aromatic N) is 1. The van der Waals surface area contributed by atoms with Gasteiger partial charge in [-0.05, 0) is 38.2 Å². The Morgan fingerprint density at radius 2 is 2.27 bits per heavy atom. The third-order valence-corrected chi connectivity index (χ3v) is 3.93. The van der Waals surface area contributed by atoms with E-state index in [2.05, 4.69) is 24.1 Å². The number of rotatable bonds is 3. The van der Waals surface area contributed by atoms with E-state index >= 15 is 0 Å². The second-order valence-corrected chi connectivity index (χ2v) is 5.30. The highest BCUT2D eigenvalue weighted by atomic mass is 35.5. The summed E-state index contributed by atoms with van der Waals surface area (Å²) in [5.74, 6) is 0.945. The van der Waals surface area contributed by atoms with E-state index in [-0.39, 0.29) is 0 Å². The van der Waals surface area contributed by atoms with Crippen LogP contribution in [-0.4, -0.2) is 36.6 Å². The van der Waals surface area contributed by atoms with Gasteiger partial charge >= 0.3 is 0 Å². The van der Waals surface area contributed by atoms with Crippen LogP contribution in [0.15, 0.2) is 11.1 Å². The molecule has 0 aromatic carbocycles. The van der Waals surface area contributed by atoms with Crippen molar-refractivity contribution >= 4 is 11.6 Å². The monoisotopic (exact) mass is 228 g/mol. The number of hydrogen-bond acceptors (Lipinski definition) is 2. The van der Waals surface area contributed by atoms with Gasteiger partial charge in [-0.25, -0.2) is 0 Å². The molecule has 3 heteroatoms. The largest absolute Gasteiger partial charge is 0.311 e. The van der Waals surface area contributed by atoms with Crippen LogP contribution in [0.2, 0.25) is 0 Å².